The van der Waals surface area contributed by atoms with Crippen LogP contribution in [-0.2, 0) is 0 Å². The summed E-state index contributed by atoms with van der Waals surface area (Å²) in [7, 11) is 0. The molecule has 1 aliphatic rings. The molecule has 3 rings (SSSR count). The van der Waals surface area contributed by atoms with Gasteiger partial charge in [-0.2, -0.15) is 5.11 Å². The second-order valence-corrected chi connectivity index (χ2v) is 5.05. The molecule has 2 heterocycles. The molecule has 1 aromatic carbocycles. The second-order valence-electron chi connectivity index (χ2n) is 5.05. The van der Waals surface area contributed by atoms with Crippen LogP contribution in [0.2, 0.25) is 0 Å². The number of nitrogens with zero attached hydrogens (tertiary/aromatic N) is 3. The van der Waals surface area contributed by atoms with Crippen molar-refractivity contribution in [3.8, 4) is 17.5 Å². The molecule has 2 N–H and O–H groups in total. The standard InChI is InChI=1S/C15H13F2N5O3/c1-9-5-20-14(21-6-9)23-8-11(22-18)7-19-10-2-3-12-13(4-10)25-15(16,17)24-12/h2-7,18-19H,8H2,1H3/b11-7-,22-18?. The average Bonchev–Trinajstić information content (AvgIpc) is 2.89. The highest BCUT2D eigenvalue weighted by Gasteiger charge is 2.43. The molecule has 2 aromatic rings. The van der Waals surface area contributed by atoms with Crippen LogP contribution in [0.25, 0.3) is 0 Å². The second kappa shape index (κ2) is 6.67. The number of nitrogens with one attached hydrogen (secondary N) is 2. The number of halogens is 2. The first kappa shape index (κ1) is 16.6. The van der Waals surface area contributed by atoms with Gasteiger partial charge in [0.05, 0.1) is 0 Å². The molecule has 0 unspecified atom stereocenters. The minimum atomic E-state index is -3.67. The quantitative estimate of drug-likeness (QED) is 0.774. The normalized spacial score (nSPS) is 14.9. The number of ether oxygens (including phenoxy) is 3. The van der Waals surface area contributed by atoms with Crippen molar-refractivity contribution in [2.75, 3.05) is 11.9 Å². The molecular formula is C15H13F2N5O3. The van der Waals surface area contributed by atoms with Gasteiger partial charge in [0.25, 0.3) is 0 Å². The summed E-state index contributed by atoms with van der Waals surface area (Å²) in [5.41, 5.74) is 8.74. The summed E-state index contributed by atoms with van der Waals surface area (Å²) in [6, 6.07) is 4.37. The Morgan fingerprint density at radius 3 is 2.76 bits per heavy atom. The summed E-state index contributed by atoms with van der Waals surface area (Å²) in [6.45, 7) is 1.81. The van der Waals surface area contributed by atoms with Crippen LogP contribution in [0.15, 0.2) is 47.6 Å². The number of fused-ring (bicyclic) bond motifs is 1. The fraction of sp³-hybridized carbons (Fsp3) is 0.200. The van der Waals surface area contributed by atoms with E-state index in [0.29, 0.717) is 5.69 Å². The van der Waals surface area contributed by atoms with Gasteiger partial charge in [0, 0.05) is 30.3 Å². The SMILES string of the molecule is Cc1cnc(OC/C(=C/Nc2ccc3c(c2)OC(F)(F)O3)N=N)nc1. The van der Waals surface area contributed by atoms with Crippen LogP contribution in [0, 0.1) is 12.5 Å². The highest BCUT2D eigenvalue weighted by Crippen LogP contribution is 2.42. The molecule has 25 heavy (non-hydrogen) atoms. The molecule has 10 heteroatoms. The zero-order valence-electron chi connectivity index (χ0n) is 13.0. The summed E-state index contributed by atoms with van der Waals surface area (Å²) < 4.78 is 39.9. The molecule has 130 valence electrons. The first-order chi connectivity index (χ1) is 11.9. The predicted octanol–water partition coefficient (Wildman–Crippen LogP) is 3.47. The Morgan fingerprint density at radius 1 is 1.32 bits per heavy atom. The molecule has 1 aliphatic heterocycles. The van der Waals surface area contributed by atoms with Crippen molar-refractivity contribution in [2.45, 2.75) is 13.2 Å². The lowest BCUT2D eigenvalue weighted by molar-refractivity contribution is -0.286. The number of aromatic nitrogens is 2. The van der Waals surface area contributed by atoms with E-state index in [9.17, 15) is 8.78 Å². The van der Waals surface area contributed by atoms with Gasteiger partial charge in [-0.05, 0) is 24.6 Å². The first-order valence-corrected chi connectivity index (χ1v) is 7.09. The van der Waals surface area contributed by atoms with E-state index in [4.69, 9.17) is 10.3 Å². The molecule has 0 atom stereocenters. The minimum absolute atomic E-state index is 0.0395. The van der Waals surface area contributed by atoms with E-state index in [1.165, 1.54) is 24.4 Å². The lowest BCUT2D eigenvalue weighted by Gasteiger charge is -2.06. The number of hydrogen-bond acceptors (Lipinski definition) is 8. The smallest absolute Gasteiger partial charge is 0.457 e. The van der Waals surface area contributed by atoms with Gasteiger partial charge in [-0.3, -0.25) is 0 Å². The van der Waals surface area contributed by atoms with E-state index in [0.717, 1.165) is 5.56 Å². The van der Waals surface area contributed by atoms with Crippen molar-refractivity contribution in [3.05, 3.63) is 48.1 Å². The van der Waals surface area contributed by atoms with Crippen LogP contribution < -0.4 is 19.5 Å². The highest BCUT2D eigenvalue weighted by molar-refractivity contribution is 5.57. The van der Waals surface area contributed by atoms with Crippen molar-refractivity contribution < 1.29 is 23.0 Å². The Balaban J connectivity index is 1.62. The summed E-state index contributed by atoms with van der Waals surface area (Å²) in [5, 5.41) is 6.14. The Hall–Kier alpha value is -3.30. The van der Waals surface area contributed by atoms with Crippen molar-refractivity contribution in [1.82, 2.24) is 9.97 Å². The molecule has 0 amide bonds. The highest BCUT2D eigenvalue weighted by atomic mass is 19.3. The van der Waals surface area contributed by atoms with Crippen LogP contribution in [-0.4, -0.2) is 22.9 Å². The molecule has 0 aliphatic carbocycles. The van der Waals surface area contributed by atoms with Crippen molar-refractivity contribution in [2.24, 2.45) is 5.11 Å². The third kappa shape index (κ3) is 4.16. The number of anilines is 1. The van der Waals surface area contributed by atoms with E-state index in [1.807, 2.05) is 6.92 Å². The third-order valence-electron chi connectivity index (χ3n) is 3.06. The van der Waals surface area contributed by atoms with E-state index in [1.54, 1.807) is 12.4 Å². The van der Waals surface area contributed by atoms with Gasteiger partial charge < -0.3 is 19.5 Å². The molecule has 0 spiro atoms. The maximum absolute atomic E-state index is 13.0. The fourth-order valence-electron chi connectivity index (χ4n) is 1.91. The van der Waals surface area contributed by atoms with Crippen LogP contribution in [0.4, 0.5) is 14.5 Å². The van der Waals surface area contributed by atoms with E-state index in [2.05, 4.69) is 29.9 Å². The summed E-state index contributed by atoms with van der Waals surface area (Å²) in [5.74, 6) is -0.137. The molecule has 1 aromatic heterocycles. The van der Waals surface area contributed by atoms with Crippen molar-refractivity contribution in [1.29, 1.82) is 5.53 Å². The molecule has 0 fully saturated rings. The van der Waals surface area contributed by atoms with Crippen LogP contribution in [0.1, 0.15) is 5.56 Å². The van der Waals surface area contributed by atoms with Crippen LogP contribution in [0.5, 0.6) is 17.5 Å². The molecular weight excluding hydrogens is 336 g/mol. The number of benzene rings is 1. The maximum Gasteiger partial charge on any atom is 0.586 e. The van der Waals surface area contributed by atoms with E-state index < -0.39 is 6.29 Å². The Labute approximate surface area is 141 Å². The topological polar surface area (TPSA) is 102 Å². The first-order valence-electron chi connectivity index (χ1n) is 7.09. The lowest BCUT2D eigenvalue weighted by Crippen LogP contribution is -2.25. The van der Waals surface area contributed by atoms with Gasteiger partial charge >= 0.3 is 12.3 Å². The fourth-order valence-corrected chi connectivity index (χ4v) is 1.91. The molecule has 0 bridgehead atoms. The monoisotopic (exact) mass is 349 g/mol. The number of hydrogen-bond donors (Lipinski definition) is 2. The maximum atomic E-state index is 13.0. The van der Waals surface area contributed by atoms with Crippen molar-refractivity contribution >= 4 is 5.69 Å². The summed E-state index contributed by atoms with van der Waals surface area (Å²) in [4.78, 5) is 7.94. The van der Waals surface area contributed by atoms with Gasteiger partial charge in [0.1, 0.15) is 12.3 Å². The van der Waals surface area contributed by atoms with Crippen molar-refractivity contribution in [3.63, 3.8) is 0 Å². The Morgan fingerprint density at radius 2 is 2.04 bits per heavy atom. The van der Waals surface area contributed by atoms with E-state index in [-0.39, 0.29) is 29.8 Å². The van der Waals surface area contributed by atoms with Gasteiger partial charge in [-0.15, -0.1) is 8.78 Å². The minimum Gasteiger partial charge on any atom is -0.457 e. The number of rotatable bonds is 6. The predicted molar refractivity (Wildman–Crippen MR) is 81.8 cm³/mol. The average molecular weight is 349 g/mol. The third-order valence-corrected chi connectivity index (χ3v) is 3.06. The van der Waals surface area contributed by atoms with E-state index >= 15 is 0 Å². The summed E-state index contributed by atoms with van der Waals surface area (Å²) >= 11 is 0. The number of alkyl halides is 2. The molecule has 0 saturated heterocycles. The van der Waals surface area contributed by atoms with Crippen LogP contribution >= 0.6 is 0 Å². The van der Waals surface area contributed by atoms with Gasteiger partial charge in [-0.25, -0.2) is 15.5 Å². The number of aryl methyl sites for hydroxylation is 1. The van der Waals surface area contributed by atoms with Gasteiger partial charge in [-0.1, -0.05) is 0 Å². The molecule has 0 radical (unpaired) electrons. The zero-order valence-corrected chi connectivity index (χ0v) is 13.0. The Bertz CT molecular complexity index is 811. The van der Waals surface area contributed by atoms with Gasteiger partial charge in [0.15, 0.2) is 11.5 Å². The van der Waals surface area contributed by atoms with Crippen LogP contribution in [0.3, 0.4) is 0 Å². The molecule has 0 saturated carbocycles. The molecule has 8 nitrogen and oxygen atoms in total. The zero-order chi connectivity index (χ0) is 17.9. The lowest BCUT2D eigenvalue weighted by atomic mass is 10.3. The Kier molecular flexibility index (Phi) is 4.42. The summed E-state index contributed by atoms with van der Waals surface area (Å²) in [6.07, 6.45) is 0.936. The largest absolute Gasteiger partial charge is 0.586 e. The van der Waals surface area contributed by atoms with Gasteiger partial charge in [0.2, 0.25) is 0 Å².